The standard InChI is InChI=1S/C13H20ClN3O2/c1-4-17-12(10(14)7-15-17)13(18)11-8-16(9(2)3)5-6-19-11/h7,9,11H,4-6,8H2,1-3H3. The highest BCUT2D eigenvalue weighted by Gasteiger charge is 2.31. The van der Waals surface area contributed by atoms with Gasteiger partial charge < -0.3 is 4.74 Å². The van der Waals surface area contributed by atoms with Crippen LogP contribution in [0, 0.1) is 0 Å². The first-order chi connectivity index (χ1) is 9.04. The van der Waals surface area contributed by atoms with Gasteiger partial charge in [-0.05, 0) is 20.8 Å². The first-order valence-corrected chi connectivity index (χ1v) is 7.03. The normalized spacial score (nSPS) is 21.0. The number of nitrogens with zero attached hydrogens (tertiary/aromatic N) is 3. The summed E-state index contributed by atoms with van der Waals surface area (Å²) in [5, 5.41) is 4.50. The highest BCUT2D eigenvalue weighted by Crippen LogP contribution is 2.20. The second kappa shape index (κ2) is 6.03. The van der Waals surface area contributed by atoms with E-state index in [9.17, 15) is 4.79 Å². The van der Waals surface area contributed by atoms with Crippen LogP contribution in [0.5, 0.6) is 0 Å². The highest BCUT2D eigenvalue weighted by molar-refractivity contribution is 6.33. The molecular weight excluding hydrogens is 266 g/mol. The Balaban J connectivity index is 2.17. The number of hydrogen-bond acceptors (Lipinski definition) is 4. The number of rotatable bonds is 4. The van der Waals surface area contributed by atoms with Crippen LogP contribution in [0.2, 0.25) is 5.02 Å². The Morgan fingerprint density at radius 1 is 1.63 bits per heavy atom. The molecule has 0 bridgehead atoms. The summed E-state index contributed by atoms with van der Waals surface area (Å²) >= 11 is 6.06. The van der Waals surface area contributed by atoms with Gasteiger partial charge in [-0.25, -0.2) is 0 Å². The zero-order valence-corrected chi connectivity index (χ0v) is 12.4. The smallest absolute Gasteiger partial charge is 0.212 e. The summed E-state index contributed by atoms with van der Waals surface area (Å²) in [6.07, 6.45) is 1.07. The molecule has 6 heteroatoms. The van der Waals surface area contributed by atoms with E-state index >= 15 is 0 Å². The zero-order valence-electron chi connectivity index (χ0n) is 11.6. The molecule has 1 atom stereocenters. The third-order valence-corrected chi connectivity index (χ3v) is 3.72. The van der Waals surface area contributed by atoms with Gasteiger partial charge in [-0.2, -0.15) is 5.10 Å². The van der Waals surface area contributed by atoms with Crippen molar-refractivity contribution in [1.29, 1.82) is 0 Å². The molecule has 0 aromatic carbocycles. The van der Waals surface area contributed by atoms with Crippen LogP contribution in [0.1, 0.15) is 31.3 Å². The van der Waals surface area contributed by atoms with E-state index < -0.39 is 6.10 Å². The number of aryl methyl sites for hydroxylation is 1. The maximum atomic E-state index is 12.5. The summed E-state index contributed by atoms with van der Waals surface area (Å²) in [5.74, 6) is -0.0744. The number of hydrogen-bond donors (Lipinski definition) is 0. The summed E-state index contributed by atoms with van der Waals surface area (Å²) in [4.78, 5) is 14.8. The maximum Gasteiger partial charge on any atom is 0.212 e. The Labute approximate surface area is 118 Å². The van der Waals surface area contributed by atoms with Crippen LogP contribution in [0.4, 0.5) is 0 Å². The van der Waals surface area contributed by atoms with Crippen molar-refractivity contribution in [1.82, 2.24) is 14.7 Å². The van der Waals surface area contributed by atoms with Gasteiger partial charge in [0.2, 0.25) is 5.78 Å². The zero-order chi connectivity index (χ0) is 14.0. The topological polar surface area (TPSA) is 47.4 Å². The molecule has 1 aromatic rings. The molecule has 5 nitrogen and oxygen atoms in total. The molecule has 19 heavy (non-hydrogen) atoms. The van der Waals surface area contributed by atoms with E-state index in [0.717, 1.165) is 6.54 Å². The van der Waals surface area contributed by atoms with E-state index in [4.69, 9.17) is 16.3 Å². The lowest BCUT2D eigenvalue weighted by atomic mass is 10.1. The van der Waals surface area contributed by atoms with Crippen molar-refractivity contribution >= 4 is 17.4 Å². The van der Waals surface area contributed by atoms with Gasteiger partial charge in [0.05, 0.1) is 17.8 Å². The molecule has 0 radical (unpaired) electrons. The number of aromatic nitrogens is 2. The molecule has 0 N–H and O–H groups in total. The third-order valence-electron chi connectivity index (χ3n) is 3.45. The second-order valence-corrected chi connectivity index (χ2v) is 5.38. The third kappa shape index (κ3) is 2.99. The predicted octanol–water partition coefficient (Wildman–Crippen LogP) is 1.85. The minimum absolute atomic E-state index is 0.0744. The molecule has 106 valence electrons. The van der Waals surface area contributed by atoms with Crippen molar-refractivity contribution in [2.75, 3.05) is 19.7 Å². The van der Waals surface area contributed by atoms with E-state index in [1.165, 1.54) is 6.20 Å². The molecule has 1 aliphatic rings. The van der Waals surface area contributed by atoms with Gasteiger partial charge in [-0.15, -0.1) is 0 Å². The summed E-state index contributed by atoms with van der Waals surface area (Å²) in [5.41, 5.74) is 0.458. The van der Waals surface area contributed by atoms with Crippen molar-refractivity contribution in [3.63, 3.8) is 0 Å². The number of Topliss-reactive ketones (excluding diaryl/α,β-unsaturated/α-hetero) is 1. The molecule has 2 heterocycles. The van der Waals surface area contributed by atoms with E-state index in [0.29, 0.717) is 36.5 Å². The van der Waals surface area contributed by atoms with Gasteiger partial charge in [0.15, 0.2) is 0 Å². The highest BCUT2D eigenvalue weighted by atomic mass is 35.5. The number of halogens is 1. The van der Waals surface area contributed by atoms with Crippen molar-refractivity contribution in [2.45, 2.75) is 39.5 Å². The van der Waals surface area contributed by atoms with Crippen molar-refractivity contribution in [2.24, 2.45) is 0 Å². The van der Waals surface area contributed by atoms with Crippen molar-refractivity contribution in [3.8, 4) is 0 Å². The van der Waals surface area contributed by atoms with Gasteiger partial charge in [-0.1, -0.05) is 11.6 Å². The minimum atomic E-state index is -0.448. The average Bonchev–Trinajstić information content (AvgIpc) is 2.79. The van der Waals surface area contributed by atoms with Gasteiger partial charge >= 0.3 is 0 Å². The summed E-state index contributed by atoms with van der Waals surface area (Å²) in [6.45, 7) is 8.85. The Bertz CT molecular complexity index is 459. The molecular formula is C13H20ClN3O2. The largest absolute Gasteiger partial charge is 0.367 e. The van der Waals surface area contributed by atoms with Crippen LogP contribution in [0.3, 0.4) is 0 Å². The Morgan fingerprint density at radius 3 is 3.00 bits per heavy atom. The molecule has 1 fully saturated rings. The maximum absolute atomic E-state index is 12.5. The van der Waals surface area contributed by atoms with Crippen LogP contribution in [0.15, 0.2) is 6.20 Å². The Kier molecular flexibility index (Phi) is 4.60. The lowest BCUT2D eigenvalue weighted by Crippen LogP contribution is -2.49. The van der Waals surface area contributed by atoms with Crippen LogP contribution < -0.4 is 0 Å². The van der Waals surface area contributed by atoms with Crippen molar-refractivity contribution < 1.29 is 9.53 Å². The van der Waals surface area contributed by atoms with E-state index in [1.54, 1.807) is 4.68 Å². The molecule has 1 saturated heterocycles. The van der Waals surface area contributed by atoms with Crippen LogP contribution in [0.25, 0.3) is 0 Å². The number of morpholine rings is 1. The van der Waals surface area contributed by atoms with E-state index in [-0.39, 0.29) is 5.78 Å². The van der Waals surface area contributed by atoms with E-state index in [2.05, 4.69) is 23.8 Å². The Morgan fingerprint density at radius 2 is 2.37 bits per heavy atom. The van der Waals surface area contributed by atoms with Gasteiger partial charge in [-0.3, -0.25) is 14.4 Å². The average molecular weight is 286 g/mol. The molecule has 0 spiro atoms. The first kappa shape index (κ1) is 14.5. The SMILES string of the molecule is CCn1ncc(Cl)c1C(=O)C1CN(C(C)C)CCO1. The summed E-state index contributed by atoms with van der Waals surface area (Å²) < 4.78 is 7.23. The van der Waals surface area contributed by atoms with Gasteiger partial charge in [0, 0.05) is 25.7 Å². The van der Waals surface area contributed by atoms with Crippen LogP contribution >= 0.6 is 11.6 Å². The molecule has 0 amide bonds. The lowest BCUT2D eigenvalue weighted by Gasteiger charge is -2.34. The number of carbonyl (C=O) groups excluding carboxylic acids is 1. The fourth-order valence-electron chi connectivity index (χ4n) is 2.30. The molecule has 1 aromatic heterocycles. The second-order valence-electron chi connectivity index (χ2n) is 4.97. The number of carbonyl (C=O) groups is 1. The Hall–Kier alpha value is -0.910. The van der Waals surface area contributed by atoms with E-state index in [1.807, 2.05) is 6.92 Å². The number of ketones is 1. The lowest BCUT2D eigenvalue weighted by molar-refractivity contribution is -0.0260. The summed E-state index contributed by atoms with van der Waals surface area (Å²) in [6, 6.07) is 0.408. The predicted molar refractivity (Wildman–Crippen MR) is 73.7 cm³/mol. The number of ether oxygens (including phenoxy) is 1. The van der Waals surface area contributed by atoms with Crippen LogP contribution in [-0.4, -0.2) is 52.3 Å². The molecule has 0 aliphatic carbocycles. The summed E-state index contributed by atoms with van der Waals surface area (Å²) in [7, 11) is 0. The fraction of sp³-hybridized carbons (Fsp3) is 0.692. The quantitative estimate of drug-likeness (QED) is 0.792. The molecule has 1 aliphatic heterocycles. The first-order valence-electron chi connectivity index (χ1n) is 6.65. The molecule has 1 unspecified atom stereocenters. The van der Waals surface area contributed by atoms with Gasteiger partial charge in [0.25, 0.3) is 0 Å². The fourth-order valence-corrected chi connectivity index (χ4v) is 2.53. The van der Waals surface area contributed by atoms with Crippen molar-refractivity contribution in [3.05, 3.63) is 16.9 Å². The minimum Gasteiger partial charge on any atom is -0.367 e. The van der Waals surface area contributed by atoms with Crippen LogP contribution in [-0.2, 0) is 11.3 Å². The molecule has 2 rings (SSSR count). The molecule has 0 saturated carbocycles. The monoisotopic (exact) mass is 285 g/mol. The van der Waals surface area contributed by atoms with Gasteiger partial charge in [0.1, 0.15) is 11.8 Å².